The van der Waals surface area contributed by atoms with E-state index in [4.69, 9.17) is 33.4 Å². The van der Waals surface area contributed by atoms with Crippen molar-refractivity contribution in [2.24, 2.45) is 0 Å². The van der Waals surface area contributed by atoms with E-state index in [2.05, 4.69) is 61.2 Å². The lowest BCUT2D eigenvalue weighted by molar-refractivity contribution is -0.917. The average Bonchev–Trinajstić information content (AvgIpc) is 4.01. The molecule has 0 unspecified atom stereocenters. The summed E-state index contributed by atoms with van der Waals surface area (Å²) in [4.78, 5) is 68.3. The van der Waals surface area contributed by atoms with Crippen molar-refractivity contribution in [2.75, 3.05) is 86.0 Å². The van der Waals surface area contributed by atoms with Crippen molar-refractivity contribution in [1.29, 1.82) is 0 Å². The minimum Gasteiger partial charge on any atom is -0.748 e. The molecule has 0 spiro atoms. The van der Waals surface area contributed by atoms with Crippen LogP contribution in [-0.4, -0.2) is 166 Å². The number of carbonyl (C=O) groups is 2. The number of hydrogen-bond acceptors (Lipinski definition) is 12. The van der Waals surface area contributed by atoms with Crippen LogP contribution >= 0.6 is 0 Å². The van der Waals surface area contributed by atoms with E-state index in [1.165, 1.54) is 16.0 Å². The highest BCUT2D eigenvalue weighted by Crippen LogP contribution is 2.27. The zero-order chi connectivity index (χ0) is 51.2. The molecule has 376 valence electrons. The minimum atomic E-state index is -3.92. The summed E-state index contributed by atoms with van der Waals surface area (Å²) in [6.07, 6.45) is 0.604. The topological polar surface area (TPSA) is 284 Å². The SMILES string of the molecule is CO.CO.CS(=O)(=O)[O-].O=C(CO)N1CCN(Cc2ccc3[nH]c(-c4cc5ccccc5[nH]c4=O)cc3c2)CC1.O=C(CO)N1CC[NH+](Cc2ccc3[nH]c(-c4cc5ccccc5[nH]c4=O)cc3c2)CC1. The number of aliphatic hydroxyl groups is 4. The summed E-state index contributed by atoms with van der Waals surface area (Å²) < 4.78 is 27.2. The molecule has 2 aliphatic heterocycles. The van der Waals surface area contributed by atoms with Gasteiger partial charge in [-0.1, -0.05) is 48.5 Å². The second-order valence-corrected chi connectivity index (χ2v) is 18.3. The number of rotatable bonds is 8. The van der Waals surface area contributed by atoms with Gasteiger partial charge in [-0.15, -0.1) is 0 Å². The van der Waals surface area contributed by atoms with Crippen LogP contribution in [0.5, 0.6) is 0 Å². The minimum absolute atomic E-state index is 0.106. The van der Waals surface area contributed by atoms with Crippen LogP contribution in [0, 0.1) is 0 Å². The molecule has 0 radical (unpaired) electrons. The highest BCUT2D eigenvalue weighted by molar-refractivity contribution is 7.84. The molecule has 20 heteroatoms. The highest BCUT2D eigenvalue weighted by atomic mass is 32.2. The predicted octanol–water partition coefficient (Wildman–Crippen LogP) is 1.59. The Morgan fingerprint density at radius 1 is 0.563 bits per heavy atom. The number of benzene rings is 4. The Bertz CT molecular complexity index is 3100. The van der Waals surface area contributed by atoms with E-state index in [1.807, 2.05) is 72.8 Å². The van der Waals surface area contributed by atoms with Crippen LogP contribution in [-0.2, 0) is 32.8 Å². The van der Waals surface area contributed by atoms with Crippen LogP contribution in [0.2, 0.25) is 0 Å². The van der Waals surface area contributed by atoms with Crippen LogP contribution in [0.1, 0.15) is 11.1 Å². The molecular formula is C51H60N8O11S. The van der Waals surface area contributed by atoms with Gasteiger partial charge in [0.1, 0.15) is 19.8 Å². The fraction of sp³-hybridized carbons (Fsp3) is 0.294. The number of piperazine rings is 2. The smallest absolute Gasteiger partial charge is 0.257 e. The van der Waals surface area contributed by atoms with Gasteiger partial charge in [-0.2, -0.15) is 0 Å². The van der Waals surface area contributed by atoms with Crippen molar-refractivity contribution in [3.8, 4) is 22.5 Å². The summed E-state index contributed by atoms with van der Waals surface area (Å²) in [5.41, 5.74) is 8.71. The van der Waals surface area contributed by atoms with E-state index in [-0.39, 0.29) is 22.9 Å². The van der Waals surface area contributed by atoms with Gasteiger partial charge in [0.2, 0.25) is 11.8 Å². The Morgan fingerprint density at radius 2 is 0.972 bits per heavy atom. The van der Waals surface area contributed by atoms with Gasteiger partial charge < -0.3 is 59.6 Å². The maximum atomic E-state index is 12.6. The zero-order valence-corrected chi connectivity index (χ0v) is 40.6. The number of nitrogens with zero attached hydrogens (tertiary/aromatic N) is 3. The molecule has 19 nitrogen and oxygen atoms in total. The summed E-state index contributed by atoms with van der Waals surface area (Å²) in [7, 11) is -1.92. The Morgan fingerprint density at radius 3 is 1.44 bits per heavy atom. The number of fused-ring (bicyclic) bond motifs is 4. The number of aromatic nitrogens is 4. The number of nitrogens with one attached hydrogen (secondary N) is 5. The first-order valence-electron chi connectivity index (χ1n) is 22.8. The highest BCUT2D eigenvalue weighted by Gasteiger charge is 2.24. The van der Waals surface area contributed by atoms with Gasteiger partial charge in [-0.3, -0.25) is 24.1 Å². The lowest BCUT2D eigenvalue weighted by atomic mass is 10.1. The fourth-order valence-electron chi connectivity index (χ4n) is 8.71. The first kappa shape index (κ1) is 53.3. The van der Waals surface area contributed by atoms with E-state index in [0.29, 0.717) is 43.6 Å². The fourth-order valence-corrected chi connectivity index (χ4v) is 8.71. The Hall–Kier alpha value is -7.01. The number of pyridine rings is 2. The average molecular weight is 993 g/mol. The molecule has 8 aromatic rings. The third-order valence-corrected chi connectivity index (χ3v) is 12.1. The molecule has 10 rings (SSSR count). The van der Waals surface area contributed by atoms with E-state index in [1.54, 1.807) is 9.80 Å². The van der Waals surface area contributed by atoms with Gasteiger partial charge in [0.05, 0.1) is 58.8 Å². The molecule has 4 aromatic carbocycles. The third kappa shape index (κ3) is 14.1. The van der Waals surface area contributed by atoms with Gasteiger partial charge in [0.25, 0.3) is 11.1 Å². The molecule has 0 saturated carbocycles. The Kier molecular flexibility index (Phi) is 18.6. The summed E-state index contributed by atoms with van der Waals surface area (Å²) in [6.45, 7) is 6.79. The summed E-state index contributed by atoms with van der Waals surface area (Å²) in [5.74, 6) is -0.395. The first-order chi connectivity index (χ1) is 34.2. The van der Waals surface area contributed by atoms with Gasteiger partial charge in [0.15, 0.2) is 0 Å². The third-order valence-electron chi connectivity index (χ3n) is 12.1. The van der Waals surface area contributed by atoms with Crippen LogP contribution in [0.15, 0.2) is 119 Å². The number of H-pyrrole nitrogens is 4. The molecule has 9 N–H and O–H groups in total. The number of para-hydroxylation sites is 2. The summed E-state index contributed by atoms with van der Waals surface area (Å²) >= 11 is 0. The van der Waals surface area contributed by atoms with E-state index >= 15 is 0 Å². The second kappa shape index (κ2) is 24.7. The molecule has 6 heterocycles. The first-order valence-corrected chi connectivity index (χ1v) is 24.6. The van der Waals surface area contributed by atoms with Crippen molar-refractivity contribution in [2.45, 2.75) is 13.1 Å². The van der Waals surface area contributed by atoms with Crippen LogP contribution in [0.25, 0.3) is 66.1 Å². The van der Waals surface area contributed by atoms with Crippen LogP contribution < -0.4 is 16.0 Å². The molecule has 0 atom stereocenters. The Labute approximate surface area is 409 Å². The van der Waals surface area contributed by atoms with Crippen molar-refractivity contribution in [3.05, 3.63) is 141 Å². The molecule has 0 bridgehead atoms. The van der Waals surface area contributed by atoms with E-state index in [9.17, 15) is 19.2 Å². The molecule has 71 heavy (non-hydrogen) atoms. The van der Waals surface area contributed by atoms with Crippen molar-refractivity contribution >= 4 is 65.5 Å². The molecule has 4 aromatic heterocycles. The molecule has 2 fully saturated rings. The molecular weight excluding hydrogens is 933 g/mol. The van der Waals surface area contributed by atoms with Crippen LogP contribution in [0.3, 0.4) is 0 Å². The maximum absolute atomic E-state index is 12.6. The number of carbonyl (C=O) groups excluding carboxylic acids is 2. The zero-order valence-electron chi connectivity index (χ0n) is 39.8. The van der Waals surface area contributed by atoms with Crippen molar-refractivity contribution in [3.63, 3.8) is 0 Å². The van der Waals surface area contributed by atoms with Crippen molar-refractivity contribution in [1.82, 2.24) is 34.6 Å². The lowest BCUT2D eigenvalue weighted by Crippen LogP contribution is -3.13. The number of aromatic amines is 4. The molecule has 2 amide bonds. The monoisotopic (exact) mass is 992 g/mol. The maximum Gasteiger partial charge on any atom is 0.257 e. The van der Waals surface area contributed by atoms with Gasteiger partial charge >= 0.3 is 0 Å². The molecule has 2 aliphatic rings. The van der Waals surface area contributed by atoms with Gasteiger partial charge in [-0.25, -0.2) is 8.42 Å². The lowest BCUT2D eigenvalue weighted by Gasteiger charge is -2.34. The van der Waals surface area contributed by atoms with Gasteiger partial charge in [-0.05, 0) is 77.0 Å². The molecule has 2 saturated heterocycles. The normalized spacial score (nSPS) is 14.1. The standard InChI is InChI=1S/2C24H24N4O3.CH4O3S.2CH4O/c2*29-15-23(30)28-9-7-27(8-10-28)14-16-5-6-21-18(11-16)13-22(25-21)19-12-17-3-1-2-4-20(17)26-24(19)31;1-5(2,3)4;2*1-2/h2*1-6,11-13,25,29H,7-10,14-15H2,(H,26,31);1H3,(H,2,3,4);2*2H,1H3. The van der Waals surface area contributed by atoms with E-state index < -0.39 is 23.3 Å². The predicted molar refractivity (Wildman–Crippen MR) is 273 cm³/mol. The second-order valence-electron chi connectivity index (χ2n) is 16.9. The number of hydrogen-bond donors (Lipinski definition) is 9. The van der Waals surface area contributed by atoms with Crippen molar-refractivity contribution < 1.29 is 47.9 Å². The molecule has 0 aliphatic carbocycles. The van der Waals surface area contributed by atoms with E-state index in [0.717, 1.165) is 108 Å². The number of amides is 2. The number of quaternary nitrogens is 1. The number of aliphatic hydroxyl groups excluding tert-OH is 4. The summed E-state index contributed by atoms with van der Waals surface area (Å²) in [5, 5.41) is 36.2. The van der Waals surface area contributed by atoms with Gasteiger partial charge in [0, 0.05) is 91.6 Å². The largest absolute Gasteiger partial charge is 0.748 e. The van der Waals surface area contributed by atoms with Crippen LogP contribution in [0.4, 0.5) is 0 Å². The Balaban J connectivity index is 0.000000200. The quantitative estimate of drug-likeness (QED) is 0.0982. The summed E-state index contributed by atoms with van der Waals surface area (Å²) in [6, 6.07) is 36.1.